The van der Waals surface area contributed by atoms with E-state index in [0.717, 1.165) is 0 Å². The molecule has 1 aliphatic rings. The number of rotatable bonds is 13. The molecule has 0 heterocycles. The number of ether oxygens (including phenoxy) is 2. The predicted octanol–water partition coefficient (Wildman–Crippen LogP) is 4.09. The van der Waals surface area contributed by atoms with Gasteiger partial charge in [0, 0.05) is 24.7 Å². The van der Waals surface area contributed by atoms with Crippen LogP contribution in [0.25, 0.3) is 0 Å². The van der Waals surface area contributed by atoms with E-state index in [0.29, 0.717) is 37.0 Å². The molecule has 6 nitrogen and oxygen atoms in total. The van der Waals surface area contributed by atoms with E-state index in [9.17, 15) is 24.2 Å². The number of aliphatic hydroxyl groups excluding tert-OH is 2. The first-order valence-corrected chi connectivity index (χ1v) is 11.5. The molecule has 0 aromatic heterocycles. The Morgan fingerprint density at radius 2 is 2.09 bits per heavy atom. The van der Waals surface area contributed by atoms with Crippen molar-refractivity contribution in [3.63, 3.8) is 0 Å². The first kappa shape index (κ1) is 26.7. The number of alkyl halides is 1. The topological polar surface area (TPSA) is 93.1 Å². The number of esters is 1. The number of carbonyl (C=O) groups excluding carboxylic acids is 2. The minimum absolute atomic E-state index is 0.00362. The molecule has 0 spiro atoms. The Hall–Kier alpha value is -2.51. The third kappa shape index (κ3) is 9.48. The number of benzene rings is 1. The van der Waals surface area contributed by atoms with Gasteiger partial charge in [0.05, 0.1) is 12.2 Å². The van der Waals surface area contributed by atoms with Crippen molar-refractivity contribution in [2.24, 2.45) is 11.8 Å². The fourth-order valence-corrected chi connectivity index (χ4v) is 3.79. The van der Waals surface area contributed by atoms with Gasteiger partial charge in [-0.05, 0) is 50.8 Å². The number of aliphatic hydroxyl groups is 2. The van der Waals surface area contributed by atoms with Crippen LogP contribution < -0.4 is 4.74 Å². The van der Waals surface area contributed by atoms with Crippen molar-refractivity contribution in [1.82, 2.24) is 0 Å². The summed E-state index contributed by atoms with van der Waals surface area (Å²) in [7, 11) is 0. The first-order chi connectivity index (χ1) is 15.8. The van der Waals surface area contributed by atoms with Crippen LogP contribution in [-0.4, -0.2) is 46.9 Å². The Kier molecular flexibility index (Phi) is 11.3. The van der Waals surface area contributed by atoms with Crippen LogP contribution in [0.2, 0.25) is 0 Å². The average molecular weight is 463 g/mol. The molecular formula is C26H35FO6. The van der Waals surface area contributed by atoms with Crippen LogP contribution in [0.5, 0.6) is 5.75 Å². The zero-order valence-corrected chi connectivity index (χ0v) is 19.4. The summed E-state index contributed by atoms with van der Waals surface area (Å²) >= 11 is 0. The molecular weight excluding hydrogens is 427 g/mol. The molecule has 0 saturated heterocycles. The van der Waals surface area contributed by atoms with Crippen LogP contribution in [0.15, 0.2) is 48.6 Å². The lowest BCUT2D eigenvalue weighted by Crippen LogP contribution is -2.20. The van der Waals surface area contributed by atoms with Crippen molar-refractivity contribution in [1.29, 1.82) is 0 Å². The second kappa shape index (κ2) is 13.9. The van der Waals surface area contributed by atoms with E-state index in [1.165, 1.54) is 6.08 Å². The second-order valence-electron chi connectivity index (χ2n) is 8.60. The smallest absolute Gasteiger partial charge is 0.306 e. The molecule has 1 aromatic carbocycles. The monoisotopic (exact) mass is 462 g/mol. The molecule has 4 atom stereocenters. The van der Waals surface area contributed by atoms with E-state index < -0.39 is 18.9 Å². The largest absolute Gasteiger partial charge is 0.491 e. The molecule has 0 unspecified atom stereocenters. The molecule has 0 radical (unpaired) electrons. The fraction of sp³-hybridized carbons (Fsp3) is 0.538. The molecule has 33 heavy (non-hydrogen) atoms. The molecule has 2 N–H and O–H groups in total. The van der Waals surface area contributed by atoms with Crippen molar-refractivity contribution in [3.05, 3.63) is 54.1 Å². The van der Waals surface area contributed by atoms with Gasteiger partial charge in [-0.1, -0.05) is 36.4 Å². The summed E-state index contributed by atoms with van der Waals surface area (Å²) in [4.78, 5) is 23.8. The Labute approximate surface area is 195 Å². The number of carbonyl (C=O) groups is 2. The van der Waals surface area contributed by atoms with Gasteiger partial charge in [0.1, 0.15) is 30.9 Å². The highest BCUT2D eigenvalue weighted by molar-refractivity contribution is 5.84. The summed E-state index contributed by atoms with van der Waals surface area (Å²) in [6, 6.07) is 6.59. The maximum atomic E-state index is 12.7. The third-order valence-corrected chi connectivity index (χ3v) is 5.44. The van der Waals surface area contributed by atoms with Crippen molar-refractivity contribution in [2.75, 3.05) is 6.61 Å². The minimum Gasteiger partial charge on any atom is -0.491 e. The molecule has 1 saturated carbocycles. The van der Waals surface area contributed by atoms with Gasteiger partial charge in [0.2, 0.25) is 0 Å². The highest BCUT2D eigenvalue weighted by Crippen LogP contribution is 2.33. The number of Topliss-reactive ketones (excluding diaryl/α,β-unsaturated/α-hetero) is 1. The van der Waals surface area contributed by atoms with E-state index in [2.05, 4.69) is 0 Å². The van der Waals surface area contributed by atoms with Gasteiger partial charge in [-0.15, -0.1) is 0 Å². The second-order valence-corrected chi connectivity index (χ2v) is 8.60. The molecule has 0 bridgehead atoms. The standard InChI is InChI=1S/C26H35FO6/c1-18(2)33-26(31)11-6-4-3-5-10-22-23(25(30)15-24(22)29)13-12-20(28)17-32-21-9-7-8-19(14-21)16-27/h3,5,7-9,12-14,18,20,22-23,25,28,30H,4,6,10-11,15-17H2,1-2H3/b5-3-,13-12+/t20-,22-,23-,25-/m1/s1. The summed E-state index contributed by atoms with van der Waals surface area (Å²) in [5.74, 6) is -0.485. The van der Waals surface area contributed by atoms with E-state index >= 15 is 0 Å². The Morgan fingerprint density at radius 1 is 1.30 bits per heavy atom. The zero-order chi connectivity index (χ0) is 24.2. The SMILES string of the molecule is CC(C)OC(=O)CCC/C=C\C[C@H]1C(=O)C[C@@H](O)[C@@H]1/C=C/[C@@H](O)COc1cccc(CF)c1. The van der Waals surface area contributed by atoms with Crippen LogP contribution in [0.3, 0.4) is 0 Å². The van der Waals surface area contributed by atoms with Gasteiger partial charge in [-0.3, -0.25) is 9.59 Å². The number of hydrogen-bond acceptors (Lipinski definition) is 6. The van der Waals surface area contributed by atoms with E-state index in [-0.39, 0.29) is 42.7 Å². The van der Waals surface area contributed by atoms with Gasteiger partial charge < -0.3 is 19.7 Å². The van der Waals surface area contributed by atoms with E-state index in [1.54, 1.807) is 30.3 Å². The van der Waals surface area contributed by atoms with Crippen molar-refractivity contribution in [3.8, 4) is 5.75 Å². The lowest BCUT2D eigenvalue weighted by molar-refractivity contribution is -0.147. The lowest BCUT2D eigenvalue weighted by atomic mass is 9.90. The molecule has 2 rings (SSSR count). The van der Waals surface area contributed by atoms with Gasteiger partial charge in [-0.2, -0.15) is 0 Å². The van der Waals surface area contributed by atoms with Crippen LogP contribution in [0, 0.1) is 11.8 Å². The van der Waals surface area contributed by atoms with Crippen LogP contribution >= 0.6 is 0 Å². The normalized spacial score (nSPS) is 21.9. The highest BCUT2D eigenvalue weighted by Gasteiger charge is 2.39. The van der Waals surface area contributed by atoms with Gasteiger partial charge in [0.15, 0.2) is 0 Å². The van der Waals surface area contributed by atoms with Crippen LogP contribution in [0.1, 0.15) is 51.5 Å². The summed E-state index contributed by atoms with van der Waals surface area (Å²) in [5.41, 5.74) is 0.497. The van der Waals surface area contributed by atoms with Gasteiger partial charge in [-0.25, -0.2) is 4.39 Å². The van der Waals surface area contributed by atoms with Crippen LogP contribution in [0.4, 0.5) is 4.39 Å². The maximum absolute atomic E-state index is 12.7. The third-order valence-electron chi connectivity index (χ3n) is 5.44. The Balaban J connectivity index is 1.80. The first-order valence-electron chi connectivity index (χ1n) is 11.5. The zero-order valence-electron chi connectivity index (χ0n) is 19.4. The van der Waals surface area contributed by atoms with Crippen molar-refractivity contribution in [2.45, 2.75) is 70.9 Å². The Bertz CT molecular complexity index is 819. The molecule has 1 aliphatic carbocycles. The molecule has 0 amide bonds. The van der Waals surface area contributed by atoms with Gasteiger partial charge >= 0.3 is 5.97 Å². The molecule has 182 valence electrons. The van der Waals surface area contributed by atoms with Crippen LogP contribution in [-0.2, 0) is 21.0 Å². The van der Waals surface area contributed by atoms with E-state index in [1.807, 2.05) is 26.0 Å². The maximum Gasteiger partial charge on any atom is 0.306 e. The highest BCUT2D eigenvalue weighted by atomic mass is 19.1. The fourth-order valence-electron chi connectivity index (χ4n) is 3.79. The number of ketones is 1. The molecule has 7 heteroatoms. The molecule has 0 aliphatic heterocycles. The summed E-state index contributed by atoms with van der Waals surface area (Å²) < 4.78 is 23.3. The average Bonchev–Trinajstić information content (AvgIpc) is 3.04. The number of unbranched alkanes of at least 4 members (excludes halogenated alkanes) is 1. The summed E-state index contributed by atoms with van der Waals surface area (Å²) in [6.07, 6.45) is 7.55. The van der Waals surface area contributed by atoms with Crippen molar-refractivity contribution >= 4 is 11.8 Å². The summed E-state index contributed by atoms with van der Waals surface area (Å²) in [5, 5.41) is 20.5. The number of hydrogen-bond donors (Lipinski definition) is 2. The Morgan fingerprint density at radius 3 is 2.82 bits per heavy atom. The minimum atomic E-state index is -0.927. The number of halogens is 1. The van der Waals surface area contributed by atoms with Crippen molar-refractivity contribution < 1.29 is 33.7 Å². The predicted molar refractivity (Wildman–Crippen MR) is 123 cm³/mol. The lowest BCUT2D eigenvalue weighted by Gasteiger charge is -2.17. The molecule has 1 aromatic rings. The summed E-state index contributed by atoms with van der Waals surface area (Å²) in [6.45, 7) is 3.02. The number of allylic oxidation sites excluding steroid dienone is 2. The quantitative estimate of drug-likeness (QED) is 0.261. The molecule has 1 fully saturated rings. The van der Waals surface area contributed by atoms with Gasteiger partial charge in [0.25, 0.3) is 0 Å². The van der Waals surface area contributed by atoms with E-state index in [4.69, 9.17) is 9.47 Å².